The fourth-order valence-electron chi connectivity index (χ4n) is 1.85. The molecule has 16 heavy (non-hydrogen) atoms. The third-order valence-corrected chi connectivity index (χ3v) is 4.64. The van der Waals surface area contributed by atoms with E-state index in [9.17, 15) is 13.2 Å². The van der Waals surface area contributed by atoms with E-state index in [-0.39, 0.29) is 4.90 Å². The second-order valence-corrected chi connectivity index (χ2v) is 5.73. The number of pyridine rings is 1. The van der Waals surface area contributed by atoms with Crippen LogP contribution in [0.2, 0.25) is 0 Å². The van der Waals surface area contributed by atoms with E-state index in [2.05, 4.69) is 4.98 Å². The Bertz CT molecular complexity index is 515. The van der Waals surface area contributed by atoms with Crippen LogP contribution in [0.1, 0.15) is 19.3 Å². The van der Waals surface area contributed by atoms with Gasteiger partial charge in [0.1, 0.15) is 4.90 Å². The van der Waals surface area contributed by atoms with Crippen LogP contribution in [-0.2, 0) is 10.0 Å². The lowest BCUT2D eigenvalue weighted by Crippen LogP contribution is -2.38. The Morgan fingerprint density at radius 3 is 2.50 bits per heavy atom. The van der Waals surface area contributed by atoms with Crippen LogP contribution in [0.25, 0.3) is 0 Å². The van der Waals surface area contributed by atoms with E-state index in [0.717, 1.165) is 19.3 Å². The Morgan fingerprint density at radius 1 is 1.19 bits per heavy atom. The van der Waals surface area contributed by atoms with E-state index in [1.165, 1.54) is 22.6 Å². The predicted octanol–water partition coefficient (Wildman–Crippen LogP) is 0.549. The van der Waals surface area contributed by atoms with Gasteiger partial charge in [0.25, 0.3) is 5.56 Å². The first-order valence-corrected chi connectivity index (χ1v) is 6.74. The summed E-state index contributed by atoms with van der Waals surface area (Å²) in [5.41, 5.74) is -0.548. The van der Waals surface area contributed by atoms with E-state index >= 15 is 0 Å². The van der Waals surface area contributed by atoms with E-state index in [4.69, 9.17) is 0 Å². The highest BCUT2D eigenvalue weighted by Gasteiger charge is 2.27. The molecule has 1 fully saturated rings. The number of sulfonamides is 1. The Labute approximate surface area is 94.2 Å². The fraction of sp³-hybridized carbons (Fsp3) is 0.500. The highest BCUT2D eigenvalue weighted by molar-refractivity contribution is 7.89. The molecule has 0 unspecified atom stereocenters. The van der Waals surface area contributed by atoms with Gasteiger partial charge < -0.3 is 4.98 Å². The number of piperidine rings is 1. The molecule has 0 radical (unpaired) electrons. The number of aromatic nitrogens is 1. The maximum Gasteiger partial charge on any atom is 0.268 e. The van der Waals surface area contributed by atoms with Gasteiger partial charge in [0.2, 0.25) is 10.0 Å². The van der Waals surface area contributed by atoms with Crippen molar-refractivity contribution in [1.29, 1.82) is 0 Å². The molecule has 2 rings (SSSR count). The highest BCUT2D eigenvalue weighted by atomic mass is 32.2. The number of nitrogens with one attached hydrogen (secondary N) is 1. The fourth-order valence-corrected chi connectivity index (χ4v) is 3.41. The van der Waals surface area contributed by atoms with Crippen LogP contribution in [0.4, 0.5) is 0 Å². The highest BCUT2D eigenvalue weighted by Crippen LogP contribution is 2.17. The van der Waals surface area contributed by atoms with Gasteiger partial charge in [0.05, 0.1) is 0 Å². The zero-order valence-electron chi connectivity index (χ0n) is 8.85. The average Bonchev–Trinajstić information content (AvgIpc) is 2.30. The second-order valence-electron chi connectivity index (χ2n) is 3.83. The summed E-state index contributed by atoms with van der Waals surface area (Å²) in [5, 5.41) is 0. The van der Waals surface area contributed by atoms with Crippen LogP contribution in [0.15, 0.2) is 28.0 Å². The number of aromatic amines is 1. The standard InChI is InChI=1S/C10H14N2O3S/c13-10-9(5-4-6-11-10)16(14,15)12-7-2-1-3-8-12/h4-6H,1-3,7-8H2,(H,11,13). The molecule has 1 aromatic heterocycles. The molecule has 0 atom stereocenters. The smallest absolute Gasteiger partial charge is 0.268 e. The van der Waals surface area contributed by atoms with Crippen molar-refractivity contribution < 1.29 is 8.42 Å². The minimum absolute atomic E-state index is 0.156. The molecule has 5 nitrogen and oxygen atoms in total. The summed E-state index contributed by atoms with van der Waals surface area (Å²) < 4.78 is 25.6. The summed E-state index contributed by atoms with van der Waals surface area (Å²) in [4.78, 5) is 13.7. The topological polar surface area (TPSA) is 70.2 Å². The molecule has 6 heteroatoms. The molecule has 0 bridgehead atoms. The summed E-state index contributed by atoms with van der Waals surface area (Å²) in [5.74, 6) is 0. The van der Waals surface area contributed by atoms with Crippen molar-refractivity contribution >= 4 is 10.0 Å². The van der Waals surface area contributed by atoms with Crippen LogP contribution in [0.3, 0.4) is 0 Å². The van der Waals surface area contributed by atoms with E-state index < -0.39 is 15.6 Å². The molecule has 2 heterocycles. The molecular weight excluding hydrogens is 228 g/mol. The van der Waals surface area contributed by atoms with Crippen molar-refractivity contribution in [3.63, 3.8) is 0 Å². The number of nitrogens with zero attached hydrogens (tertiary/aromatic N) is 1. The minimum Gasteiger partial charge on any atom is -0.328 e. The number of H-pyrrole nitrogens is 1. The van der Waals surface area contributed by atoms with Crippen LogP contribution < -0.4 is 5.56 Å². The molecule has 0 amide bonds. The molecule has 1 aliphatic rings. The van der Waals surface area contributed by atoms with Crippen LogP contribution in [0, 0.1) is 0 Å². The van der Waals surface area contributed by atoms with E-state index in [1.807, 2.05) is 0 Å². The van der Waals surface area contributed by atoms with Crippen molar-refractivity contribution in [1.82, 2.24) is 9.29 Å². The van der Waals surface area contributed by atoms with Crippen molar-refractivity contribution in [3.8, 4) is 0 Å². The minimum atomic E-state index is -3.60. The monoisotopic (exact) mass is 242 g/mol. The first-order valence-electron chi connectivity index (χ1n) is 5.30. The summed E-state index contributed by atoms with van der Waals surface area (Å²) in [7, 11) is -3.60. The molecule has 1 aromatic rings. The van der Waals surface area contributed by atoms with Crippen LogP contribution in [-0.4, -0.2) is 30.8 Å². The maximum absolute atomic E-state index is 12.1. The Kier molecular flexibility index (Phi) is 3.11. The molecule has 0 aliphatic carbocycles. The van der Waals surface area contributed by atoms with Crippen molar-refractivity contribution in [2.24, 2.45) is 0 Å². The van der Waals surface area contributed by atoms with Gasteiger partial charge in [-0.05, 0) is 25.0 Å². The second kappa shape index (κ2) is 4.39. The predicted molar refractivity (Wildman–Crippen MR) is 59.7 cm³/mol. The third-order valence-electron chi connectivity index (χ3n) is 2.71. The third kappa shape index (κ3) is 2.03. The zero-order valence-corrected chi connectivity index (χ0v) is 9.66. The van der Waals surface area contributed by atoms with Gasteiger partial charge in [-0.25, -0.2) is 8.42 Å². The first-order chi connectivity index (χ1) is 7.62. The van der Waals surface area contributed by atoms with Gasteiger partial charge in [-0.3, -0.25) is 4.79 Å². The number of hydrogen-bond donors (Lipinski definition) is 1. The van der Waals surface area contributed by atoms with Gasteiger partial charge in [-0.15, -0.1) is 0 Å². The first kappa shape index (κ1) is 11.3. The van der Waals surface area contributed by atoms with Gasteiger partial charge in [0, 0.05) is 19.3 Å². The quantitative estimate of drug-likeness (QED) is 0.823. The van der Waals surface area contributed by atoms with Gasteiger partial charge in [0.15, 0.2) is 0 Å². The summed E-state index contributed by atoms with van der Waals surface area (Å²) >= 11 is 0. The average molecular weight is 242 g/mol. The molecule has 88 valence electrons. The number of hydrogen-bond acceptors (Lipinski definition) is 3. The van der Waals surface area contributed by atoms with E-state index in [1.54, 1.807) is 0 Å². The van der Waals surface area contributed by atoms with Gasteiger partial charge >= 0.3 is 0 Å². The molecule has 0 aromatic carbocycles. The van der Waals surface area contributed by atoms with Crippen LogP contribution in [0.5, 0.6) is 0 Å². The van der Waals surface area contributed by atoms with Crippen molar-refractivity contribution in [2.75, 3.05) is 13.1 Å². The Hall–Kier alpha value is -1.14. The molecular formula is C10H14N2O3S. The van der Waals surface area contributed by atoms with Gasteiger partial charge in [-0.1, -0.05) is 6.42 Å². The summed E-state index contributed by atoms with van der Waals surface area (Å²) in [6.07, 6.45) is 4.21. The molecule has 1 saturated heterocycles. The molecule has 0 saturated carbocycles. The summed E-state index contributed by atoms with van der Waals surface area (Å²) in [6.45, 7) is 1.02. The van der Waals surface area contributed by atoms with E-state index in [0.29, 0.717) is 13.1 Å². The Balaban J connectivity index is 2.39. The largest absolute Gasteiger partial charge is 0.328 e. The molecule has 1 aliphatic heterocycles. The normalized spacial score (nSPS) is 18.5. The lowest BCUT2D eigenvalue weighted by Gasteiger charge is -2.25. The number of rotatable bonds is 2. The summed E-state index contributed by atoms with van der Waals surface area (Å²) in [6, 6.07) is 2.88. The molecule has 0 spiro atoms. The van der Waals surface area contributed by atoms with Crippen LogP contribution >= 0.6 is 0 Å². The zero-order chi connectivity index (χ0) is 11.6. The van der Waals surface area contributed by atoms with Gasteiger partial charge in [-0.2, -0.15) is 4.31 Å². The lowest BCUT2D eigenvalue weighted by atomic mass is 10.2. The van der Waals surface area contributed by atoms with Crippen molar-refractivity contribution in [3.05, 3.63) is 28.7 Å². The maximum atomic E-state index is 12.1. The lowest BCUT2D eigenvalue weighted by molar-refractivity contribution is 0.346. The van der Waals surface area contributed by atoms with Crippen molar-refractivity contribution in [2.45, 2.75) is 24.2 Å². The SMILES string of the molecule is O=c1[nH]cccc1S(=O)(=O)N1CCCCC1. The Morgan fingerprint density at radius 2 is 1.88 bits per heavy atom. The molecule has 1 N–H and O–H groups in total.